The normalized spacial score (nSPS) is 17.6. The topological polar surface area (TPSA) is 61.6 Å². The smallest absolute Gasteiger partial charge is 0.229 e. The highest BCUT2D eigenvalue weighted by atomic mass is 35.5. The molecule has 1 aromatic heterocycles. The first-order valence-corrected chi connectivity index (χ1v) is 13.9. The summed E-state index contributed by atoms with van der Waals surface area (Å²) in [5, 5.41) is 4.21. The molecule has 1 aromatic carbocycles. The van der Waals surface area contributed by atoms with Gasteiger partial charge in [0.2, 0.25) is 11.8 Å². The molecule has 0 radical (unpaired) electrons. The van der Waals surface area contributed by atoms with Gasteiger partial charge in [-0.3, -0.25) is 9.69 Å². The molecule has 0 spiro atoms. The largest absolute Gasteiger partial charge is 0.441 e. The number of benzene rings is 1. The predicted molar refractivity (Wildman–Crippen MR) is 144 cm³/mol. The average molecular weight is 524 g/mol. The molecular formula is C27H40Cl2N4O2. The molecule has 0 bridgehead atoms. The highest BCUT2D eigenvalue weighted by Gasteiger charge is 2.26. The van der Waals surface area contributed by atoms with E-state index in [0.29, 0.717) is 28.0 Å². The molecule has 2 aliphatic heterocycles. The average Bonchev–Trinajstić information content (AvgIpc) is 3.23. The molecule has 194 valence electrons. The number of aromatic nitrogens is 1. The van der Waals surface area contributed by atoms with Crippen molar-refractivity contribution in [3.8, 4) is 11.5 Å². The molecule has 0 unspecified atom stereocenters. The maximum atomic E-state index is 12.6. The van der Waals surface area contributed by atoms with Crippen LogP contribution in [-0.4, -0.2) is 60.0 Å². The van der Waals surface area contributed by atoms with Gasteiger partial charge < -0.3 is 14.6 Å². The van der Waals surface area contributed by atoms with Crippen molar-refractivity contribution in [2.24, 2.45) is 5.92 Å². The lowest BCUT2D eigenvalue weighted by Gasteiger charge is -2.31. The predicted octanol–water partition coefficient (Wildman–Crippen LogP) is 6.19. The Labute approximate surface area is 220 Å². The van der Waals surface area contributed by atoms with Crippen LogP contribution >= 0.6 is 23.2 Å². The quantitative estimate of drug-likeness (QED) is 0.419. The summed E-state index contributed by atoms with van der Waals surface area (Å²) in [7, 11) is 0. The molecular weight excluding hydrogens is 483 g/mol. The minimum Gasteiger partial charge on any atom is -0.441 e. The van der Waals surface area contributed by atoms with Gasteiger partial charge in [0, 0.05) is 19.0 Å². The third-order valence-corrected chi connectivity index (χ3v) is 7.43. The SMILES string of the molecule is CC.Cc1oc(-c2c(Cl)cccc2Cl)nc1CN1CCC(C(=O)NCCCN2CCCCC2)CC1. The monoisotopic (exact) mass is 522 g/mol. The highest BCUT2D eigenvalue weighted by Crippen LogP contribution is 2.35. The van der Waals surface area contributed by atoms with Gasteiger partial charge in [-0.2, -0.15) is 0 Å². The van der Waals surface area contributed by atoms with Gasteiger partial charge in [0.15, 0.2) is 0 Å². The van der Waals surface area contributed by atoms with Crippen LogP contribution in [0.5, 0.6) is 0 Å². The van der Waals surface area contributed by atoms with E-state index in [0.717, 1.165) is 56.9 Å². The zero-order valence-corrected chi connectivity index (χ0v) is 22.9. The maximum Gasteiger partial charge on any atom is 0.229 e. The van der Waals surface area contributed by atoms with Crippen molar-refractivity contribution in [3.63, 3.8) is 0 Å². The Morgan fingerprint density at radius 2 is 1.71 bits per heavy atom. The Morgan fingerprint density at radius 1 is 1.06 bits per heavy atom. The van der Waals surface area contributed by atoms with Crippen molar-refractivity contribution in [2.75, 3.05) is 39.3 Å². The lowest BCUT2D eigenvalue weighted by atomic mass is 9.95. The lowest BCUT2D eigenvalue weighted by Crippen LogP contribution is -2.41. The minimum atomic E-state index is 0.104. The summed E-state index contributed by atoms with van der Waals surface area (Å²) in [6.07, 6.45) is 6.77. The summed E-state index contributed by atoms with van der Waals surface area (Å²) >= 11 is 12.6. The molecule has 3 heterocycles. The Bertz CT molecular complexity index is 915. The number of hydrogen-bond donors (Lipinski definition) is 1. The van der Waals surface area contributed by atoms with E-state index in [1.807, 2.05) is 20.8 Å². The number of oxazole rings is 1. The van der Waals surface area contributed by atoms with E-state index in [4.69, 9.17) is 27.6 Å². The standard InChI is InChI=1S/C25H34Cl2N4O2.C2H6/c1-18-22(29-25(33-18)23-20(26)7-5-8-21(23)27)17-31-15-9-19(10-16-31)24(32)28-11-6-14-30-12-3-2-4-13-30;1-2/h5,7-8,19H,2-4,6,9-17H2,1H3,(H,28,32);1-2H3. The molecule has 35 heavy (non-hydrogen) atoms. The van der Waals surface area contributed by atoms with Crippen molar-refractivity contribution in [3.05, 3.63) is 39.7 Å². The molecule has 2 aromatic rings. The van der Waals surface area contributed by atoms with Gasteiger partial charge in [0.25, 0.3) is 0 Å². The number of carbonyl (C=O) groups excluding carboxylic acids is 1. The lowest BCUT2D eigenvalue weighted by molar-refractivity contribution is -0.126. The highest BCUT2D eigenvalue weighted by molar-refractivity contribution is 6.38. The van der Waals surface area contributed by atoms with Gasteiger partial charge >= 0.3 is 0 Å². The van der Waals surface area contributed by atoms with Crippen LogP contribution in [0.3, 0.4) is 0 Å². The Balaban J connectivity index is 0.00000167. The summed E-state index contributed by atoms with van der Waals surface area (Å²) in [5.74, 6) is 1.54. The number of nitrogens with one attached hydrogen (secondary N) is 1. The van der Waals surface area contributed by atoms with Crippen molar-refractivity contribution < 1.29 is 9.21 Å². The summed E-state index contributed by atoms with van der Waals surface area (Å²) in [6, 6.07) is 5.37. The van der Waals surface area contributed by atoms with Gasteiger partial charge in [-0.1, -0.05) is 49.5 Å². The fourth-order valence-corrected chi connectivity index (χ4v) is 5.35. The number of piperidine rings is 2. The van der Waals surface area contributed by atoms with Crippen LogP contribution < -0.4 is 5.32 Å². The Morgan fingerprint density at radius 3 is 2.37 bits per heavy atom. The number of nitrogens with zero attached hydrogens (tertiary/aromatic N) is 3. The van der Waals surface area contributed by atoms with Crippen LogP contribution in [0.1, 0.15) is 63.8 Å². The molecule has 8 heteroatoms. The fourth-order valence-electron chi connectivity index (χ4n) is 4.79. The van der Waals surface area contributed by atoms with Gasteiger partial charge in [-0.05, 0) is 83.9 Å². The maximum absolute atomic E-state index is 12.6. The van der Waals surface area contributed by atoms with Crippen molar-refractivity contribution in [1.82, 2.24) is 20.1 Å². The van der Waals surface area contributed by atoms with Crippen LogP contribution in [-0.2, 0) is 11.3 Å². The first-order chi connectivity index (χ1) is 17.0. The summed E-state index contributed by atoms with van der Waals surface area (Å²) < 4.78 is 5.89. The van der Waals surface area contributed by atoms with E-state index < -0.39 is 0 Å². The first kappa shape index (κ1) is 28.0. The zero-order valence-electron chi connectivity index (χ0n) is 21.4. The van der Waals surface area contributed by atoms with Crippen LogP contribution in [0.4, 0.5) is 0 Å². The molecule has 2 aliphatic rings. The number of amides is 1. The second-order valence-electron chi connectivity index (χ2n) is 9.22. The molecule has 0 aliphatic carbocycles. The molecule has 2 fully saturated rings. The fraction of sp³-hybridized carbons (Fsp3) is 0.630. The van der Waals surface area contributed by atoms with Gasteiger partial charge in [-0.25, -0.2) is 4.98 Å². The van der Waals surface area contributed by atoms with Crippen LogP contribution in [0, 0.1) is 12.8 Å². The first-order valence-electron chi connectivity index (χ1n) is 13.1. The number of rotatable bonds is 8. The van der Waals surface area contributed by atoms with E-state index in [1.54, 1.807) is 18.2 Å². The summed E-state index contributed by atoms with van der Waals surface area (Å²) in [6.45, 7) is 12.7. The third kappa shape index (κ3) is 7.94. The second kappa shape index (κ2) is 14.2. The molecule has 2 saturated heterocycles. The summed E-state index contributed by atoms with van der Waals surface area (Å²) in [4.78, 5) is 22.1. The molecule has 6 nitrogen and oxygen atoms in total. The van der Waals surface area contributed by atoms with Gasteiger partial charge in [0.1, 0.15) is 5.76 Å². The van der Waals surface area contributed by atoms with Crippen LogP contribution in [0.15, 0.2) is 22.6 Å². The third-order valence-electron chi connectivity index (χ3n) is 6.80. The van der Waals surface area contributed by atoms with Crippen LogP contribution in [0.2, 0.25) is 10.0 Å². The van der Waals surface area contributed by atoms with E-state index in [9.17, 15) is 4.79 Å². The van der Waals surface area contributed by atoms with Gasteiger partial charge in [0.05, 0.1) is 21.3 Å². The van der Waals surface area contributed by atoms with Crippen molar-refractivity contribution >= 4 is 29.1 Å². The molecule has 1 N–H and O–H groups in total. The molecule has 4 rings (SSSR count). The van der Waals surface area contributed by atoms with E-state index in [2.05, 4.69) is 20.1 Å². The zero-order chi connectivity index (χ0) is 25.2. The Kier molecular flexibility index (Phi) is 11.4. The second-order valence-corrected chi connectivity index (χ2v) is 10.0. The van der Waals surface area contributed by atoms with Crippen LogP contribution in [0.25, 0.3) is 11.5 Å². The number of likely N-dealkylation sites (tertiary alicyclic amines) is 2. The summed E-state index contributed by atoms with van der Waals surface area (Å²) in [5.41, 5.74) is 1.52. The van der Waals surface area contributed by atoms with E-state index >= 15 is 0 Å². The molecule has 0 atom stereocenters. The van der Waals surface area contributed by atoms with Crippen molar-refractivity contribution in [2.45, 2.75) is 65.8 Å². The number of halogens is 2. The van der Waals surface area contributed by atoms with Crippen molar-refractivity contribution in [1.29, 1.82) is 0 Å². The van der Waals surface area contributed by atoms with E-state index in [-0.39, 0.29) is 11.8 Å². The number of aryl methyl sites for hydroxylation is 1. The number of hydrogen-bond acceptors (Lipinski definition) is 5. The molecule has 1 amide bonds. The van der Waals surface area contributed by atoms with E-state index in [1.165, 1.54) is 32.4 Å². The number of carbonyl (C=O) groups is 1. The Hall–Kier alpha value is -1.60. The molecule has 0 saturated carbocycles. The minimum absolute atomic E-state index is 0.104. The van der Waals surface area contributed by atoms with Gasteiger partial charge in [-0.15, -0.1) is 0 Å².